The van der Waals surface area contributed by atoms with Crippen LogP contribution in [0, 0.1) is 6.92 Å². The van der Waals surface area contributed by atoms with Gasteiger partial charge in [-0.1, -0.05) is 36.9 Å². The van der Waals surface area contributed by atoms with Crippen LogP contribution >= 0.6 is 11.6 Å². The highest BCUT2D eigenvalue weighted by Crippen LogP contribution is 2.33. The number of nitrogens with zero attached hydrogens (tertiary/aromatic N) is 1. The van der Waals surface area contributed by atoms with E-state index < -0.39 is 15.9 Å². The van der Waals surface area contributed by atoms with Gasteiger partial charge in [0, 0.05) is 11.1 Å². The van der Waals surface area contributed by atoms with Crippen molar-refractivity contribution < 1.29 is 22.7 Å². The second-order valence-corrected chi connectivity index (χ2v) is 10.2. The number of hydrogen-bond acceptors (Lipinski definition) is 5. The van der Waals surface area contributed by atoms with E-state index in [0.717, 1.165) is 24.8 Å². The minimum Gasteiger partial charge on any atom is -0.495 e. The molecule has 7 nitrogen and oxygen atoms in total. The van der Waals surface area contributed by atoms with Crippen LogP contribution in [0.15, 0.2) is 41.3 Å². The molecular formula is C23H29ClN2O5S. The molecule has 1 aliphatic rings. The van der Waals surface area contributed by atoms with E-state index in [4.69, 9.17) is 21.1 Å². The molecule has 174 valence electrons. The Hall–Kier alpha value is -2.29. The summed E-state index contributed by atoms with van der Waals surface area (Å²) in [6.07, 6.45) is 4.32. The predicted octanol–water partition coefficient (Wildman–Crippen LogP) is 4.63. The molecule has 0 spiro atoms. The van der Waals surface area contributed by atoms with Crippen molar-refractivity contribution in [3.8, 4) is 11.5 Å². The van der Waals surface area contributed by atoms with Crippen molar-refractivity contribution in [3.63, 3.8) is 0 Å². The summed E-state index contributed by atoms with van der Waals surface area (Å²) in [5, 5.41) is 3.18. The van der Waals surface area contributed by atoms with E-state index in [9.17, 15) is 13.2 Å². The molecule has 9 heteroatoms. The van der Waals surface area contributed by atoms with Crippen molar-refractivity contribution in [3.05, 3.63) is 47.0 Å². The second-order valence-electron chi connectivity index (χ2n) is 7.89. The lowest BCUT2D eigenvalue weighted by Gasteiger charge is -2.33. The van der Waals surface area contributed by atoms with E-state index >= 15 is 0 Å². The van der Waals surface area contributed by atoms with Gasteiger partial charge in [0.1, 0.15) is 16.4 Å². The van der Waals surface area contributed by atoms with Crippen molar-refractivity contribution in [1.82, 2.24) is 4.31 Å². The molecule has 1 amide bonds. The summed E-state index contributed by atoms with van der Waals surface area (Å²) in [4.78, 5) is 13.1. The third-order valence-electron chi connectivity index (χ3n) is 5.62. The first-order valence-electron chi connectivity index (χ1n) is 10.6. The molecule has 0 aliphatic heterocycles. The topological polar surface area (TPSA) is 84.9 Å². The fraction of sp³-hybridized carbons (Fsp3) is 0.435. The summed E-state index contributed by atoms with van der Waals surface area (Å²) in [5.41, 5.74) is 1.18. The van der Waals surface area contributed by atoms with E-state index in [-0.39, 0.29) is 23.2 Å². The molecule has 32 heavy (non-hydrogen) atoms. The summed E-state index contributed by atoms with van der Waals surface area (Å²) in [7, 11) is -1.06. The molecule has 1 N–H and O–H groups in total. The number of halogens is 1. The van der Waals surface area contributed by atoms with Crippen LogP contribution in [-0.4, -0.2) is 45.4 Å². The molecule has 0 bridgehead atoms. The Balaban J connectivity index is 1.94. The van der Waals surface area contributed by atoms with Crippen LogP contribution in [0.2, 0.25) is 5.02 Å². The highest BCUT2D eigenvalue weighted by atomic mass is 35.5. The number of hydrogen-bond donors (Lipinski definition) is 1. The third-order valence-corrected chi connectivity index (χ3v) is 7.78. The summed E-state index contributed by atoms with van der Waals surface area (Å²) in [6, 6.07) is 9.62. The molecule has 0 radical (unpaired) electrons. The lowest BCUT2D eigenvalue weighted by molar-refractivity contribution is -0.116. The van der Waals surface area contributed by atoms with Crippen molar-refractivity contribution in [2.75, 3.05) is 26.1 Å². The number of aryl methyl sites for hydroxylation is 1. The summed E-state index contributed by atoms with van der Waals surface area (Å²) < 4.78 is 39.4. The minimum absolute atomic E-state index is 0.0682. The summed E-state index contributed by atoms with van der Waals surface area (Å²) in [6.45, 7) is 1.50. The second kappa shape index (κ2) is 10.6. The van der Waals surface area contributed by atoms with E-state index in [1.54, 1.807) is 36.4 Å². The van der Waals surface area contributed by atoms with E-state index in [2.05, 4.69) is 5.32 Å². The zero-order valence-electron chi connectivity index (χ0n) is 18.6. The van der Waals surface area contributed by atoms with Gasteiger partial charge in [-0.05, 0) is 55.7 Å². The number of carbonyl (C=O) groups is 1. The van der Waals surface area contributed by atoms with Gasteiger partial charge in [-0.2, -0.15) is 4.31 Å². The molecule has 3 rings (SSSR count). The molecule has 0 heterocycles. The van der Waals surface area contributed by atoms with E-state index in [1.807, 2.05) is 6.92 Å². The molecule has 0 unspecified atom stereocenters. The largest absolute Gasteiger partial charge is 0.495 e. The molecule has 2 aromatic rings. The number of ether oxygens (including phenoxy) is 2. The smallest absolute Gasteiger partial charge is 0.247 e. The van der Waals surface area contributed by atoms with Gasteiger partial charge in [0.05, 0.1) is 26.5 Å². The van der Waals surface area contributed by atoms with Gasteiger partial charge in [-0.3, -0.25) is 4.79 Å². The van der Waals surface area contributed by atoms with Gasteiger partial charge in [-0.15, -0.1) is 0 Å². The molecular weight excluding hydrogens is 452 g/mol. The number of carbonyl (C=O) groups excluding carboxylic acids is 1. The molecule has 0 atom stereocenters. The standard InChI is InChI=1S/C23H29ClN2O5S/c1-16-9-11-21(31-3)22(13-16)32(28,29)26(18-7-5-4-6-8-18)15-23(27)25-19-14-17(24)10-12-20(19)30-2/h9-14,18H,4-8,15H2,1-3H3,(H,25,27). The van der Waals surface area contributed by atoms with Gasteiger partial charge >= 0.3 is 0 Å². The van der Waals surface area contributed by atoms with E-state index in [1.165, 1.54) is 18.5 Å². The fourth-order valence-electron chi connectivity index (χ4n) is 4.00. The Labute approximate surface area is 194 Å². The van der Waals surface area contributed by atoms with Crippen molar-refractivity contribution >= 4 is 33.2 Å². The molecule has 0 saturated heterocycles. The van der Waals surface area contributed by atoms with Crippen LogP contribution in [0.3, 0.4) is 0 Å². The Morgan fingerprint density at radius 2 is 1.72 bits per heavy atom. The Bertz CT molecular complexity index is 1070. The number of amides is 1. The molecule has 1 saturated carbocycles. The monoisotopic (exact) mass is 480 g/mol. The van der Waals surface area contributed by atoms with Crippen LogP contribution < -0.4 is 14.8 Å². The SMILES string of the molecule is COc1ccc(Cl)cc1NC(=O)CN(C1CCCCC1)S(=O)(=O)c1cc(C)ccc1OC. The van der Waals surface area contributed by atoms with Crippen LogP contribution in [0.5, 0.6) is 11.5 Å². The lowest BCUT2D eigenvalue weighted by atomic mass is 9.95. The molecule has 0 aromatic heterocycles. The van der Waals surface area contributed by atoms with Crippen LogP contribution in [0.4, 0.5) is 5.69 Å². The van der Waals surface area contributed by atoms with Crippen LogP contribution in [0.1, 0.15) is 37.7 Å². The van der Waals surface area contributed by atoms with Gasteiger partial charge in [0.25, 0.3) is 0 Å². The Kier molecular flexibility index (Phi) is 8.03. The number of rotatable bonds is 8. The van der Waals surface area contributed by atoms with Gasteiger partial charge in [0.15, 0.2) is 0 Å². The van der Waals surface area contributed by atoms with Crippen LogP contribution in [-0.2, 0) is 14.8 Å². The third kappa shape index (κ3) is 5.54. The first kappa shape index (κ1) is 24.4. The zero-order valence-corrected chi connectivity index (χ0v) is 20.1. The maximum atomic E-state index is 13.7. The van der Waals surface area contributed by atoms with Gasteiger partial charge in [0.2, 0.25) is 15.9 Å². The first-order valence-corrected chi connectivity index (χ1v) is 12.4. The zero-order chi connectivity index (χ0) is 23.3. The van der Waals surface area contributed by atoms with Crippen molar-refractivity contribution in [2.24, 2.45) is 0 Å². The fourth-order valence-corrected chi connectivity index (χ4v) is 6.06. The molecule has 1 aliphatic carbocycles. The maximum Gasteiger partial charge on any atom is 0.247 e. The molecule has 2 aromatic carbocycles. The Morgan fingerprint density at radius 3 is 2.38 bits per heavy atom. The average Bonchev–Trinajstić information content (AvgIpc) is 2.78. The lowest BCUT2D eigenvalue weighted by Crippen LogP contribution is -2.45. The predicted molar refractivity (Wildman–Crippen MR) is 125 cm³/mol. The van der Waals surface area contributed by atoms with Gasteiger partial charge in [-0.25, -0.2) is 8.42 Å². The molecule has 1 fully saturated rings. The maximum absolute atomic E-state index is 13.7. The highest BCUT2D eigenvalue weighted by Gasteiger charge is 2.36. The van der Waals surface area contributed by atoms with Crippen molar-refractivity contribution in [1.29, 1.82) is 0 Å². The summed E-state index contributed by atoms with van der Waals surface area (Å²) >= 11 is 6.06. The Morgan fingerprint density at radius 1 is 1.06 bits per heavy atom. The van der Waals surface area contributed by atoms with Crippen molar-refractivity contribution in [2.45, 2.75) is 50.0 Å². The summed E-state index contributed by atoms with van der Waals surface area (Å²) in [5.74, 6) is 0.231. The first-order chi connectivity index (χ1) is 15.3. The highest BCUT2D eigenvalue weighted by molar-refractivity contribution is 7.89. The van der Waals surface area contributed by atoms with Gasteiger partial charge < -0.3 is 14.8 Å². The van der Waals surface area contributed by atoms with Crippen LogP contribution in [0.25, 0.3) is 0 Å². The number of nitrogens with one attached hydrogen (secondary N) is 1. The quantitative estimate of drug-likeness (QED) is 0.595. The normalized spacial score (nSPS) is 14.9. The minimum atomic E-state index is -3.99. The average molecular weight is 481 g/mol. The van der Waals surface area contributed by atoms with E-state index in [0.29, 0.717) is 29.3 Å². The number of benzene rings is 2. The number of methoxy groups -OCH3 is 2. The number of anilines is 1. The number of sulfonamides is 1.